The maximum absolute atomic E-state index is 9.21. The molecule has 1 heterocycles. The molecule has 1 fully saturated rings. The van der Waals surface area contributed by atoms with Crippen molar-refractivity contribution in [3.63, 3.8) is 0 Å². The van der Waals surface area contributed by atoms with Gasteiger partial charge in [0, 0.05) is 0 Å². The van der Waals surface area contributed by atoms with Gasteiger partial charge in [0.1, 0.15) is 12.2 Å². The van der Waals surface area contributed by atoms with Gasteiger partial charge in [-0.05, 0) is 7.05 Å². The first kappa shape index (κ1) is 8.89. The molecule has 0 spiro atoms. The van der Waals surface area contributed by atoms with E-state index in [1.807, 2.05) is 0 Å². The number of ether oxygens (including phenoxy) is 1. The van der Waals surface area contributed by atoms with Gasteiger partial charge < -0.3 is 25.4 Å². The van der Waals surface area contributed by atoms with Crippen LogP contribution in [0.4, 0.5) is 0 Å². The molecule has 0 amide bonds. The Hall–Kier alpha value is -0.200. The van der Waals surface area contributed by atoms with E-state index in [1.54, 1.807) is 7.05 Å². The molecule has 66 valence electrons. The Labute approximate surface area is 64.6 Å². The smallest absolute Gasteiger partial charge is 0.182 e. The highest BCUT2D eigenvalue weighted by Crippen LogP contribution is 2.18. The van der Waals surface area contributed by atoms with E-state index in [1.165, 1.54) is 0 Å². The Morgan fingerprint density at radius 1 is 1.45 bits per heavy atom. The Morgan fingerprint density at radius 2 is 2.09 bits per heavy atom. The number of hydrogen-bond acceptors (Lipinski definition) is 5. The second-order valence-corrected chi connectivity index (χ2v) is 2.55. The normalized spacial score (nSPS) is 44.7. The third-order valence-electron chi connectivity index (χ3n) is 1.89. The molecule has 4 atom stereocenters. The molecule has 4 N–H and O–H groups in total. The second kappa shape index (κ2) is 3.46. The average Bonchev–Trinajstić information content (AvgIpc) is 2.28. The first-order valence-corrected chi connectivity index (χ1v) is 3.50. The SMILES string of the molecule is CN[C@H]1[C@H](O)[C@@H](O)O[C@@H]1CO. The van der Waals surface area contributed by atoms with E-state index in [2.05, 4.69) is 5.32 Å². The van der Waals surface area contributed by atoms with Crippen molar-refractivity contribution >= 4 is 0 Å². The number of rotatable bonds is 2. The van der Waals surface area contributed by atoms with Crippen LogP contribution < -0.4 is 5.32 Å². The van der Waals surface area contributed by atoms with Gasteiger partial charge >= 0.3 is 0 Å². The van der Waals surface area contributed by atoms with Crippen molar-refractivity contribution in [1.29, 1.82) is 0 Å². The number of aliphatic hydroxyl groups excluding tert-OH is 3. The highest BCUT2D eigenvalue weighted by atomic mass is 16.6. The highest BCUT2D eigenvalue weighted by molar-refractivity contribution is 4.90. The minimum atomic E-state index is -1.19. The summed E-state index contributed by atoms with van der Waals surface area (Å²) in [4.78, 5) is 0. The number of nitrogens with one attached hydrogen (secondary N) is 1. The van der Waals surface area contributed by atoms with Crippen LogP contribution >= 0.6 is 0 Å². The van der Waals surface area contributed by atoms with Gasteiger partial charge in [0.05, 0.1) is 12.6 Å². The van der Waals surface area contributed by atoms with Crippen molar-refractivity contribution in [2.75, 3.05) is 13.7 Å². The molecule has 5 nitrogen and oxygen atoms in total. The van der Waals surface area contributed by atoms with Crippen LogP contribution in [0.15, 0.2) is 0 Å². The maximum atomic E-state index is 9.21. The molecule has 0 unspecified atom stereocenters. The monoisotopic (exact) mass is 163 g/mol. The van der Waals surface area contributed by atoms with Crippen LogP contribution in [-0.4, -0.2) is 53.5 Å². The fourth-order valence-corrected chi connectivity index (χ4v) is 1.25. The molecule has 0 aromatic heterocycles. The summed E-state index contributed by atoms with van der Waals surface area (Å²) < 4.78 is 4.82. The summed E-state index contributed by atoms with van der Waals surface area (Å²) in [5.41, 5.74) is 0. The summed E-state index contributed by atoms with van der Waals surface area (Å²) in [7, 11) is 1.64. The molecule has 0 aromatic rings. The van der Waals surface area contributed by atoms with Crippen molar-refractivity contribution in [2.45, 2.75) is 24.5 Å². The molecule has 5 heteroatoms. The molecule has 1 aliphatic heterocycles. The highest BCUT2D eigenvalue weighted by Gasteiger charge is 2.41. The predicted molar refractivity (Wildman–Crippen MR) is 36.8 cm³/mol. The van der Waals surface area contributed by atoms with Gasteiger partial charge in [0.2, 0.25) is 0 Å². The Morgan fingerprint density at radius 3 is 2.45 bits per heavy atom. The van der Waals surface area contributed by atoms with Crippen molar-refractivity contribution < 1.29 is 20.1 Å². The summed E-state index contributed by atoms with van der Waals surface area (Å²) in [6.45, 7) is -0.209. The van der Waals surface area contributed by atoms with Crippen molar-refractivity contribution in [3.8, 4) is 0 Å². The largest absolute Gasteiger partial charge is 0.394 e. The van der Waals surface area contributed by atoms with Crippen LogP contribution in [0.3, 0.4) is 0 Å². The van der Waals surface area contributed by atoms with E-state index < -0.39 is 24.5 Å². The Kier molecular flexibility index (Phi) is 2.80. The number of aliphatic hydroxyl groups is 3. The fourth-order valence-electron chi connectivity index (χ4n) is 1.25. The Bertz CT molecular complexity index is 132. The second-order valence-electron chi connectivity index (χ2n) is 2.55. The van der Waals surface area contributed by atoms with Crippen molar-refractivity contribution in [2.24, 2.45) is 0 Å². The molecular weight excluding hydrogens is 150 g/mol. The third kappa shape index (κ3) is 1.52. The van der Waals surface area contributed by atoms with E-state index in [4.69, 9.17) is 14.9 Å². The summed E-state index contributed by atoms with van der Waals surface area (Å²) in [6, 6.07) is -0.394. The molecule has 11 heavy (non-hydrogen) atoms. The minimum absolute atomic E-state index is 0.209. The lowest BCUT2D eigenvalue weighted by molar-refractivity contribution is -0.132. The van der Waals surface area contributed by atoms with Gasteiger partial charge in [-0.2, -0.15) is 0 Å². The zero-order valence-electron chi connectivity index (χ0n) is 6.27. The molecule has 1 rings (SSSR count). The first-order chi connectivity index (χ1) is 5.20. The maximum Gasteiger partial charge on any atom is 0.182 e. The summed E-state index contributed by atoms with van der Waals surface area (Å²) >= 11 is 0. The average molecular weight is 163 g/mol. The molecular formula is C6H13NO4. The molecule has 0 aliphatic carbocycles. The molecule has 1 saturated heterocycles. The van der Waals surface area contributed by atoms with E-state index >= 15 is 0 Å². The van der Waals surface area contributed by atoms with E-state index in [0.29, 0.717) is 0 Å². The fraction of sp³-hybridized carbons (Fsp3) is 1.00. The molecule has 0 aromatic carbocycles. The standard InChI is InChI=1S/C6H13NO4/c1-7-4-3(2-8)11-6(10)5(4)9/h3-10H,2H2,1H3/t3-,4-,5+,6+/m1/s1. The molecule has 0 bridgehead atoms. The lowest BCUT2D eigenvalue weighted by Crippen LogP contribution is -2.44. The van der Waals surface area contributed by atoms with Crippen LogP contribution in [-0.2, 0) is 4.74 Å². The quantitative estimate of drug-likeness (QED) is 0.366. The molecule has 0 radical (unpaired) electrons. The van der Waals surface area contributed by atoms with Crippen LogP contribution in [0.5, 0.6) is 0 Å². The van der Waals surface area contributed by atoms with Gasteiger partial charge in [-0.3, -0.25) is 0 Å². The zero-order chi connectivity index (χ0) is 8.43. The summed E-state index contributed by atoms with van der Waals surface area (Å²) in [6.07, 6.45) is -2.67. The van der Waals surface area contributed by atoms with Crippen LogP contribution in [0.1, 0.15) is 0 Å². The van der Waals surface area contributed by atoms with Gasteiger partial charge in [0.25, 0.3) is 0 Å². The molecule has 0 saturated carbocycles. The topological polar surface area (TPSA) is 82.0 Å². The van der Waals surface area contributed by atoms with Gasteiger partial charge in [-0.25, -0.2) is 0 Å². The summed E-state index contributed by atoms with van der Waals surface area (Å²) in [5, 5.41) is 29.7. The lowest BCUT2D eigenvalue weighted by atomic mass is 10.1. The number of hydrogen-bond donors (Lipinski definition) is 4. The minimum Gasteiger partial charge on any atom is -0.394 e. The third-order valence-corrected chi connectivity index (χ3v) is 1.89. The van der Waals surface area contributed by atoms with E-state index in [0.717, 1.165) is 0 Å². The predicted octanol–water partition coefficient (Wildman–Crippen LogP) is -2.36. The summed E-state index contributed by atoms with van der Waals surface area (Å²) in [5.74, 6) is 0. The van der Waals surface area contributed by atoms with Gasteiger partial charge in [-0.1, -0.05) is 0 Å². The van der Waals surface area contributed by atoms with Gasteiger partial charge in [-0.15, -0.1) is 0 Å². The first-order valence-electron chi connectivity index (χ1n) is 3.50. The van der Waals surface area contributed by atoms with Gasteiger partial charge in [0.15, 0.2) is 6.29 Å². The van der Waals surface area contributed by atoms with Crippen LogP contribution in [0, 0.1) is 0 Å². The van der Waals surface area contributed by atoms with E-state index in [-0.39, 0.29) is 6.61 Å². The Balaban J connectivity index is 2.57. The number of likely N-dealkylation sites (N-methyl/N-ethyl adjacent to an activating group) is 1. The van der Waals surface area contributed by atoms with E-state index in [9.17, 15) is 5.11 Å². The lowest BCUT2D eigenvalue weighted by Gasteiger charge is -2.16. The molecule has 1 aliphatic rings. The van der Waals surface area contributed by atoms with Crippen LogP contribution in [0.2, 0.25) is 0 Å². The van der Waals surface area contributed by atoms with Crippen molar-refractivity contribution in [1.82, 2.24) is 5.32 Å². The van der Waals surface area contributed by atoms with Crippen molar-refractivity contribution in [3.05, 3.63) is 0 Å². The van der Waals surface area contributed by atoms with Crippen LogP contribution in [0.25, 0.3) is 0 Å². The zero-order valence-corrected chi connectivity index (χ0v) is 6.27.